The number of hydrogen-bond acceptors (Lipinski definition) is 4. The number of aliphatic hydroxyl groups is 1. The summed E-state index contributed by atoms with van der Waals surface area (Å²) in [6.07, 6.45) is 1.25. The molecule has 2 aliphatic rings. The van der Waals surface area contributed by atoms with E-state index in [-0.39, 0.29) is 0 Å². The van der Waals surface area contributed by atoms with Crippen molar-refractivity contribution in [2.24, 2.45) is 0 Å². The van der Waals surface area contributed by atoms with Gasteiger partial charge in [-0.25, -0.2) is 0 Å². The lowest BCUT2D eigenvalue weighted by Crippen LogP contribution is -2.32. The van der Waals surface area contributed by atoms with Crippen LogP contribution in [0.25, 0.3) is 21.5 Å². The summed E-state index contributed by atoms with van der Waals surface area (Å²) < 4.78 is 5.96. The molecule has 0 amide bonds. The van der Waals surface area contributed by atoms with E-state index in [0.717, 1.165) is 17.7 Å². The van der Waals surface area contributed by atoms with Gasteiger partial charge in [-0.2, -0.15) is 0 Å². The minimum absolute atomic E-state index is 0.392. The fourth-order valence-electron chi connectivity index (χ4n) is 4.62. The molecule has 2 atom stereocenters. The molecule has 4 heteroatoms. The molecule has 4 aromatic carbocycles. The van der Waals surface area contributed by atoms with E-state index in [9.17, 15) is 5.11 Å². The highest BCUT2D eigenvalue weighted by molar-refractivity contribution is 8.76. The summed E-state index contributed by atoms with van der Waals surface area (Å²) in [6.45, 7) is 4.56. The maximum atomic E-state index is 11.0. The highest BCUT2D eigenvalue weighted by atomic mass is 33.1. The van der Waals surface area contributed by atoms with Crippen molar-refractivity contribution in [1.29, 1.82) is 0 Å². The first-order valence-corrected chi connectivity index (χ1v) is 13.5. The Bertz CT molecular complexity index is 1260. The van der Waals surface area contributed by atoms with E-state index < -0.39 is 5.79 Å². The number of fused-ring (bicyclic) bond motifs is 9. The number of ether oxygens (including phenoxy) is 1. The fourth-order valence-corrected chi connectivity index (χ4v) is 7.07. The third-order valence-corrected chi connectivity index (χ3v) is 8.92. The molecule has 0 saturated carbocycles. The smallest absolute Gasteiger partial charge is 0.166 e. The van der Waals surface area contributed by atoms with E-state index in [2.05, 4.69) is 79.7 Å². The zero-order chi connectivity index (χ0) is 22.1. The van der Waals surface area contributed by atoms with Crippen LogP contribution in [0.5, 0.6) is 0 Å². The lowest BCUT2D eigenvalue weighted by molar-refractivity contribution is -0.187. The van der Waals surface area contributed by atoms with Gasteiger partial charge in [0.15, 0.2) is 5.79 Å². The average Bonchev–Trinajstić information content (AvgIpc) is 2.77. The molecular formula is C28H28O2S2. The van der Waals surface area contributed by atoms with Gasteiger partial charge in [0.1, 0.15) is 0 Å². The van der Waals surface area contributed by atoms with Gasteiger partial charge in [-0.1, -0.05) is 94.4 Å². The van der Waals surface area contributed by atoms with E-state index >= 15 is 0 Å². The molecule has 2 heterocycles. The van der Waals surface area contributed by atoms with Crippen LogP contribution in [0, 0.1) is 0 Å². The Hall–Kier alpha value is -1.98. The highest BCUT2D eigenvalue weighted by Crippen LogP contribution is 2.42. The molecule has 2 nitrogen and oxygen atoms in total. The monoisotopic (exact) mass is 460 g/mol. The van der Waals surface area contributed by atoms with E-state index in [1.165, 1.54) is 38.2 Å². The maximum absolute atomic E-state index is 11.0. The molecular weight excluding hydrogens is 432 g/mol. The molecule has 0 aliphatic carbocycles. The van der Waals surface area contributed by atoms with Crippen LogP contribution in [0.15, 0.2) is 72.8 Å². The van der Waals surface area contributed by atoms with Crippen LogP contribution in [-0.4, -0.2) is 17.5 Å². The van der Waals surface area contributed by atoms with Crippen LogP contribution in [0.3, 0.4) is 0 Å². The van der Waals surface area contributed by atoms with Gasteiger partial charge in [-0.05, 0) is 64.1 Å². The van der Waals surface area contributed by atoms with Crippen molar-refractivity contribution in [3.05, 3.63) is 95.1 Å². The third kappa shape index (κ3) is 4.69. The largest absolute Gasteiger partial charge is 0.365 e. The topological polar surface area (TPSA) is 29.5 Å². The summed E-state index contributed by atoms with van der Waals surface area (Å²) in [5, 5.41) is 16.5. The first kappa shape index (κ1) is 21.8. The lowest BCUT2D eigenvalue weighted by atomic mass is 9.98. The van der Waals surface area contributed by atoms with Crippen LogP contribution >= 0.6 is 21.6 Å². The van der Waals surface area contributed by atoms with E-state index in [4.69, 9.17) is 4.74 Å². The zero-order valence-corrected chi connectivity index (χ0v) is 20.1. The van der Waals surface area contributed by atoms with Gasteiger partial charge in [-0.15, -0.1) is 0 Å². The molecule has 1 unspecified atom stereocenters. The van der Waals surface area contributed by atoms with Gasteiger partial charge in [0.2, 0.25) is 0 Å². The standard InChI is InChI=1S/C28H28O2S2/c1-19-25-9-5-7-23-14-20(10-11-27(23)25)12-13-30-28(2,29)17-21-15-22-6-3-4-8-26(22)24(16-21)18-31-32-19/h3-11,14-16,19,29H,12-13,17-18H2,1-2H3/t19-,28?/m1/s1. The van der Waals surface area contributed by atoms with Crippen LogP contribution in [0.2, 0.25) is 0 Å². The Morgan fingerprint density at radius 2 is 1.69 bits per heavy atom. The summed E-state index contributed by atoms with van der Waals surface area (Å²) >= 11 is 0. The average molecular weight is 461 g/mol. The number of hydrogen-bond donors (Lipinski definition) is 1. The minimum Gasteiger partial charge on any atom is -0.365 e. The van der Waals surface area contributed by atoms with Crippen molar-refractivity contribution < 1.29 is 9.84 Å². The molecule has 6 rings (SSSR count). The Labute approximate surface area is 197 Å². The molecule has 32 heavy (non-hydrogen) atoms. The molecule has 0 spiro atoms. The summed E-state index contributed by atoms with van der Waals surface area (Å²) in [5.41, 5.74) is 5.04. The number of rotatable bonds is 0. The van der Waals surface area contributed by atoms with Crippen molar-refractivity contribution in [2.75, 3.05) is 6.61 Å². The lowest BCUT2D eigenvalue weighted by Gasteiger charge is -2.24. The molecule has 0 aromatic heterocycles. The second-order valence-corrected chi connectivity index (χ2v) is 11.5. The molecule has 1 N–H and O–H groups in total. The van der Waals surface area contributed by atoms with E-state index in [1.54, 1.807) is 6.92 Å². The molecule has 6 bridgehead atoms. The fraction of sp³-hybridized carbons (Fsp3) is 0.286. The van der Waals surface area contributed by atoms with Crippen molar-refractivity contribution >= 4 is 43.1 Å². The Morgan fingerprint density at radius 3 is 2.59 bits per heavy atom. The quantitative estimate of drug-likeness (QED) is 0.276. The van der Waals surface area contributed by atoms with Gasteiger partial charge >= 0.3 is 0 Å². The van der Waals surface area contributed by atoms with Crippen molar-refractivity contribution in [3.8, 4) is 0 Å². The minimum atomic E-state index is -1.20. The molecule has 4 aromatic rings. The SMILES string of the molecule is C[C@H]1SSCc2cc(cc3ccccc23)CC(C)(O)OCCc2ccc3c1cccc3c2. The van der Waals surface area contributed by atoms with Gasteiger partial charge in [0.05, 0.1) is 6.61 Å². The summed E-state index contributed by atoms with van der Waals surface area (Å²) in [5.74, 6) is -0.282. The van der Waals surface area contributed by atoms with Gasteiger partial charge in [0.25, 0.3) is 0 Å². The first-order chi connectivity index (χ1) is 15.5. The predicted octanol–water partition coefficient (Wildman–Crippen LogP) is 7.46. The Morgan fingerprint density at radius 1 is 0.906 bits per heavy atom. The second kappa shape index (κ2) is 9.11. The van der Waals surface area contributed by atoms with E-state index in [1.807, 2.05) is 21.6 Å². The maximum Gasteiger partial charge on any atom is 0.166 e. The van der Waals surface area contributed by atoms with Gasteiger partial charge < -0.3 is 9.84 Å². The van der Waals surface area contributed by atoms with Crippen molar-refractivity contribution in [3.63, 3.8) is 0 Å². The first-order valence-electron chi connectivity index (χ1n) is 11.2. The van der Waals surface area contributed by atoms with E-state index in [0.29, 0.717) is 18.3 Å². The van der Waals surface area contributed by atoms with Crippen LogP contribution < -0.4 is 0 Å². The summed E-state index contributed by atoms with van der Waals surface area (Å²) in [6, 6.07) is 26.3. The van der Waals surface area contributed by atoms with Gasteiger partial charge in [0, 0.05) is 17.4 Å². The molecule has 0 radical (unpaired) electrons. The molecule has 164 valence electrons. The predicted molar refractivity (Wildman–Crippen MR) is 139 cm³/mol. The van der Waals surface area contributed by atoms with Gasteiger partial charge in [-0.3, -0.25) is 0 Å². The normalized spacial score (nSPS) is 22.4. The Kier molecular flexibility index (Phi) is 6.22. The van der Waals surface area contributed by atoms with Crippen LogP contribution in [0.1, 0.15) is 41.4 Å². The Balaban J connectivity index is 1.54. The molecule has 0 saturated heterocycles. The third-order valence-electron chi connectivity index (χ3n) is 6.19. The summed E-state index contributed by atoms with van der Waals surface area (Å²) in [7, 11) is 3.84. The van der Waals surface area contributed by atoms with Crippen LogP contribution in [0.4, 0.5) is 0 Å². The molecule has 0 fully saturated rings. The second-order valence-electron chi connectivity index (χ2n) is 8.83. The number of benzene rings is 4. The molecule has 2 aliphatic heterocycles. The summed E-state index contributed by atoms with van der Waals surface area (Å²) in [4.78, 5) is 0. The van der Waals surface area contributed by atoms with Crippen LogP contribution in [-0.2, 0) is 23.3 Å². The zero-order valence-electron chi connectivity index (χ0n) is 18.5. The highest BCUT2D eigenvalue weighted by Gasteiger charge is 2.23. The van der Waals surface area contributed by atoms with Crippen molar-refractivity contribution in [1.82, 2.24) is 0 Å². The van der Waals surface area contributed by atoms with Crippen molar-refractivity contribution in [2.45, 2.75) is 43.5 Å².